The van der Waals surface area contributed by atoms with E-state index in [9.17, 15) is 23.5 Å². The summed E-state index contributed by atoms with van der Waals surface area (Å²) in [5.41, 5.74) is 2.39. The van der Waals surface area contributed by atoms with Crippen molar-refractivity contribution in [3.63, 3.8) is 0 Å². The topological polar surface area (TPSA) is 130 Å². The van der Waals surface area contributed by atoms with Crippen molar-refractivity contribution >= 4 is 34.4 Å². The van der Waals surface area contributed by atoms with E-state index in [4.69, 9.17) is 4.74 Å². The van der Waals surface area contributed by atoms with Crippen LogP contribution in [0.3, 0.4) is 0 Å². The van der Waals surface area contributed by atoms with Gasteiger partial charge in [0, 0.05) is 54.4 Å². The third-order valence-electron chi connectivity index (χ3n) is 7.54. The predicted octanol–water partition coefficient (Wildman–Crippen LogP) is 5.94. The van der Waals surface area contributed by atoms with Crippen LogP contribution in [-0.2, 0) is 4.79 Å². The van der Waals surface area contributed by atoms with Crippen molar-refractivity contribution in [1.29, 1.82) is 0 Å². The van der Waals surface area contributed by atoms with Gasteiger partial charge in [0.2, 0.25) is 17.7 Å². The molecule has 0 bridgehead atoms. The van der Waals surface area contributed by atoms with Gasteiger partial charge in [0.25, 0.3) is 5.92 Å². The monoisotopic (exact) mass is 574 g/mol. The molecule has 2 aromatic heterocycles. The third kappa shape index (κ3) is 5.52. The number of rotatable bonds is 7. The summed E-state index contributed by atoms with van der Waals surface area (Å²) in [7, 11) is 0. The van der Waals surface area contributed by atoms with Crippen molar-refractivity contribution in [2.24, 2.45) is 5.92 Å². The minimum Gasteiger partial charge on any atom is -0.465 e. The second-order valence-corrected chi connectivity index (χ2v) is 10.6. The van der Waals surface area contributed by atoms with Gasteiger partial charge in [0.1, 0.15) is 11.7 Å². The summed E-state index contributed by atoms with van der Waals surface area (Å²) >= 11 is 0. The van der Waals surface area contributed by atoms with Crippen LogP contribution in [0.4, 0.5) is 25.2 Å². The summed E-state index contributed by atoms with van der Waals surface area (Å²) < 4.78 is 33.3. The number of benzene rings is 2. The molecule has 2 aliphatic rings. The van der Waals surface area contributed by atoms with Gasteiger partial charge in [0.15, 0.2) is 0 Å². The molecular formula is C30H28F2N6O4. The van der Waals surface area contributed by atoms with E-state index in [0.29, 0.717) is 58.4 Å². The van der Waals surface area contributed by atoms with E-state index in [1.165, 1.54) is 4.90 Å². The zero-order chi connectivity index (χ0) is 29.4. The van der Waals surface area contributed by atoms with Gasteiger partial charge in [-0.25, -0.2) is 28.5 Å². The number of hydrogen-bond acceptors (Lipinski definition) is 7. The number of amides is 2. The summed E-state index contributed by atoms with van der Waals surface area (Å²) in [4.78, 5) is 38.6. The SMILES string of the molecule is Cc1ccc2c(NC(=O)[C@@H]3CC3(F)F)cccc2c1Oc1ncccc1-c1ccnc(N[C@H]2CCCN(C(=O)O)C2)n1. The Morgan fingerprint density at radius 3 is 2.69 bits per heavy atom. The molecule has 6 rings (SSSR count). The Morgan fingerprint density at radius 2 is 1.90 bits per heavy atom. The van der Waals surface area contributed by atoms with Gasteiger partial charge < -0.3 is 25.4 Å². The number of fused-ring (bicyclic) bond motifs is 1. The van der Waals surface area contributed by atoms with Crippen molar-refractivity contribution in [2.45, 2.75) is 38.2 Å². The van der Waals surface area contributed by atoms with Gasteiger partial charge >= 0.3 is 6.09 Å². The molecule has 216 valence electrons. The molecule has 10 nitrogen and oxygen atoms in total. The van der Waals surface area contributed by atoms with E-state index in [1.54, 1.807) is 36.7 Å². The average Bonchev–Trinajstić information content (AvgIpc) is 3.63. The first-order chi connectivity index (χ1) is 20.2. The number of hydrogen-bond donors (Lipinski definition) is 3. The van der Waals surface area contributed by atoms with Crippen molar-refractivity contribution < 1.29 is 28.2 Å². The summed E-state index contributed by atoms with van der Waals surface area (Å²) in [6.07, 6.45) is 3.36. The van der Waals surface area contributed by atoms with Gasteiger partial charge in [-0.1, -0.05) is 24.3 Å². The van der Waals surface area contributed by atoms with Gasteiger partial charge in [-0.15, -0.1) is 0 Å². The van der Waals surface area contributed by atoms with Crippen LogP contribution in [0.1, 0.15) is 24.8 Å². The summed E-state index contributed by atoms with van der Waals surface area (Å²) in [5.74, 6) is -3.82. The molecule has 4 aromatic rings. The van der Waals surface area contributed by atoms with Crippen LogP contribution in [0.15, 0.2) is 60.9 Å². The largest absolute Gasteiger partial charge is 0.465 e. The van der Waals surface area contributed by atoms with Crippen molar-refractivity contribution in [2.75, 3.05) is 23.7 Å². The van der Waals surface area contributed by atoms with Crippen molar-refractivity contribution in [3.05, 3.63) is 66.5 Å². The number of pyridine rings is 1. The van der Waals surface area contributed by atoms with Crippen LogP contribution < -0.4 is 15.4 Å². The van der Waals surface area contributed by atoms with Gasteiger partial charge in [-0.2, -0.15) is 0 Å². The number of nitrogens with zero attached hydrogens (tertiary/aromatic N) is 4. The van der Waals surface area contributed by atoms with E-state index in [1.807, 2.05) is 31.2 Å². The first-order valence-corrected chi connectivity index (χ1v) is 13.6. The summed E-state index contributed by atoms with van der Waals surface area (Å²) in [6, 6.07) is 14.1. The molecule has 3 N–H and O–H groups in total. The number of carboxylic acid groups (broad SMARTS) is 1. The fourth-order valence-electron chi connectivity index (χ4n) is 5.19. The quantitative estimate of drug-likeness (QED) is 0.247. The Hall–Kier alpha value is -4.87. The standard InChI is InChI=1S/C30H28F2N6O4/c1-17-9-10-19-20(6-2-8-23(19)36-26(39)22-15-30(22,31)32)25(17)42-27-21(7-3-12-33-27)24-11-13-34-28(37-24)35-18-5-4-14-38(16-18)29(40)41/h2-3,6-13,18,22H,4-5,14-16H2,1H3,(H,36,39)(H,40,41)(H,34,35,37)/t18-,22-/m0/s1. The molecule has 42 heavy (non-hydrogen) atoms. The third-order valence-corrected chi connectivity index (χ3v) is 7.54. The highest BCUT2D eigenvalue weighted by molar-refractivity contribution is 6.06. The molecule has 2 aromatic carbocycles. The fourth-order valence-corrected chi connectivity index (χ4v) is 5.19. The molecule has 3 heterocycles. The normalized spacial score (nSPS) is 19.3. The predicted molar refractivity (Wildman–Crippen MR) is 152 cm³/mol. The number of carbonyl (C=O) groups excluding carboxylic acids is 1. The maximum Gasteiger partial charge on any atom is 0.407 e. The average molecular weight is 575 g/mol. The van der Waals surface area contributed by atoms with Crippen molar-refractivity contribution in [1.82, 2.24) is 19.9 Å². The molecule has 12 heteroatoms. The summed E-state index contributed by atoms with van der Waals surface area (Å²) in [6.45, 7) is 2.73. The Bertz CT molecular complexity index is 1680. The minimum atomic E-state index is -2.96. The highest BCUT2D eigenvalue weighted by Crippen LogP contribution is 2.49. The van der Waals surface area contributed by atoms with Gasteiger partial charge in [-0.3, -0.25) is 4.79 Å². The lowest BCUT2D eigenvalue weighted by atomic mass is 10.0. The molecule has 0 spiro atoms. The lowest BCUT2D eigenvalue weighted by Gasteiger charge is -2.31. The van der Waals surface area contributed by atoms with E-state index in [0.717, 1.165) is 18.4 Å². The zero-order valence-corrected chi connectivity index (χ0v) is 22.7. The fraction of sp³-hybridized carbons (Fsp3) is 0.300. The number of alkyl halides is 2. The zero-order valence-electron chi connectivity index (χ0n) is 22.7. The molecule has 0 unspecified atom stereocenters. The number of carbonyl (C=O) groups is 2. The molecule has 2 atom stereocenters. The highest BCUT2D eigenvalue weighted by atomic mass is 19.3. The molecule has 1 aliphatic carbocycles. The highest BCUT2D eigenvalue weighted by Gasteiger charge is 2.61. The van der Waals surface area contributed by atoms with E-state index < -0.39 is 30.3 Å². The van der Waals surface area contributed by atoms with Crippen LogP contribution in [-0.4, -0.2) is 62.0 Å². The number of aryl methyl sites for hydroxylation is 1. The van der Waals surface area contributed by atoms with Crippen molar-refractivity contribution in [3.8, 4) is 22.9 Å². The smallest absolute Gasteiger partial charge is 0.407 e. The van der Waals surface area contributed by atoms with Crippen LogP contribution in [0.5, 0.6) is 11.6 Å². The van der Waals surface area contributed by atoms with Crippen LogP contribution in [0.2, 0.25) is 0 Å². The summed E-state index contributed by atoms with van der Waals surface area (Å²) in [5, 5.41) is 16.6. The van der Waals surface area contributed by atoms with Crippen LogP contribution in [0, 0.1) is 12.8 Å². The number of piperidine rings is 1. The number of halogens is 2. The molecule has 1 saturated carbocycles. The number of anilines is 2. The second kappa shape index (κ2) is 10.8. The van der Waals surface area contributed by atoms with Gasteiger partial charge in [-0.05, 0) is 49.6 Å². The Balaban J connectivity index is 1.28. The minimum absolute atomic E-state index is 0.117. The van der Waals surface area contributed by atoms with E-state index in [-0.39, 0.29) is 6.04 Å². The molecule has 2 amide bonds. The molecule has 1 saturated heterocycles. The molecule has 2 fully saturated rings. The molecule has 0 radical (unpaired) electrons. The first kappa shape index (κ1) is 27.3. The second-order valence-electron chi connectivity index (χ2n) is 10.6. The Morgan fingerprint density at radius 1 is 1.07 bits per heavy atom. The lowest BCUT2D eigenvalue weighted by molar-refractivity contribution is -0.119. The Labute approximate surface area is 239 Å². The van der Waals surface area contributed by atoms with Crippen LogP contribution >= 0.6 is 0 Å². The number of aromatic nitrogens is 3. The Kier molecular flexibility index (Phi) is 7.05. The van der Waals surface area contributed by atoms with Gasteiger partial charge in [0.05, 0.1) is 11.3 Å². The molecular weight excluding hydrogens is 546 g/mol. The van der Waals surface area contributed by atoms with E-state index in [2.05, 4.69) is 25.6 Å². The molecule has 1 aliphatic heterocycles. The van der Waals surface area contributed by atoms with E-state index >= 15 is 0 Å². The maximum absolute atomic E-state index is 13.5. The lowest BCUT2D eigenvalue weighted by Crippen LogP contribution is -2.44. The number of ether oxygens (including phenoxy) is 1. The first-order valence-electron chi connectivity index (χ1n) is 13.6. The number of nitrogens with one attached hydrogen (secondary N) is 2. The maximum atomic E-state index is 13.5. The number of likely N-dealkylation sites (tertiary alicyclic amines) is 1. The van der Waals surface area contributed by atoms with Crippen LogP contribution in [0.25, 0.3) is 22.0 Å².